The molecular formula is C16H12Cl2N2O2S2. The second kappa shape index (κ2) is 6.72. The Morgan fingerprint density at radius 2 is 1.79 bits per heavy atom. The molecule has 0 radical (unpaired) electrons. The number of thiazole rings is 1. The van der Waals surface area contributed by atoms with Crippen molar-refractivity contribution in [2.24, 2.45) is 0 Å². The van der Waals surface area contributed by atoms with Gasteiger partial charge >= 0.3 is 0 Å². The van der Waals surface area contributed by atoms with Gasteiger partial charge in [0.05, 0.1) is 20.7 Å². The first-order valence-electron chi connectivity index (χ1n) is 6.86. The number of halogens is 2. The van der Waals surface area contributed by atoms with Crippen LogP contribution in [0.5, 0.6) is 0 Å². The average molecular weight is 399 g/mol. The molecule has 1 N–H and O–H groups in total. The van der Waals surface area contributed by atoms with Gasteiger partial charge in [-0.25, -0.2) is 13.4 Å². The molecule has 24 heavy (non-hydrogen) atoms. The molecule has 2 aromatic carbocycles. The molecule has 0 aliphatic rings. The summed E-state index contributed by atoms with van der Waals surface area (Å²) in [5.74, 6) is 0. The Hall–Kier alpha value is -1.60. The molecule has 1 aromatic heterocycles. The van der Waals surface area contributed by atoms with Crippen molar-refractivity contribution in [3.05, 3.63) is 62.9 Å². The molecule has 0 unspecified atom stereocenters. The quantitative estimate of drug-likeness (QED) is 0.654. The predicted molar refractivity (Wildman–Crippen MR) is 99.6 cm³/mol. The summed E-state index contributed by atoms with van der Waals surface area (Å²) in [5, 5.41) is 3.13. The third-order valence-electron chi connectivity index (χ3n) is 3.26. The summed E-state index contributed by atoms with van der Waals surface area (Å²) in [6, 6.07) is 11.5. The van der Waals surface area contributed by atoms with Crippen LogP contribution in [0.15, 0.2) is 52.7 Å². The number of nitrogens with one attached hydrogen (secondary N) is 1. The van der Waals surface area contributed by atoms with E-state index in [1.54, 1.807) is 23.5 Å². The van der Waals surface area contributed by atoms with Crippen LogP contribution < -0.4 is 4.72 Å². The summed E-state index contributed by atoms with van der Waals surface area (Å²) in [6.45, 7) is 1.94. The van der Waals surface area contributed by atoms with Crippen LogP contribution in [0, 0.1) is 6.92 Å². The van der Waals surface area contributed by atoms with E-state index < -0.39 is 10.0 Å². The molecule has 0 spiro atoms. The van der Waals surface area contributed by atoms with Gasteiger partial charge in [0, 0.05) is 16.6 Å². The van der Waals surface area contributed by atoms with Crippen molar-refractivity contribution in [3.63, 3.8) is 0 Å². The number of rotatable bonds is 4. The van der Waals surface area contributed by atoms with E-state index in [2.05, 4.69) is 9.71 Å². The standard InChI is InChI=1S/C16H12Cl2N2O2S2/c1-10-19-14(9-23-10)11-5-7-12(8-6-11)20-24(21,22)15-4-2-3-13(17)16(15)18/h2-9,20H,1H3. The molecule has 0 saturated carbocycles. The Balaban J connectivity index is 1.86. The van der Waals surface area contributed by atoms with Gasteiger partial charge in [0.15, 0.2) is 0 Å². The zero-order valence-electron chi connectivity index (χ0n) is 12.5. The second-order valence-corrected chi connectivity index (χ2v) is 8.48. The molecule has 3 aromatic rings. The normalized spacial score (nSPS) is 11.5. The number of anilines is 1. The summed E-state index contributed by atoms with van der Waals surface area (Å²) in [7, 11) is -3.82. The third-order valence-corrected chi connectivity index (χ3v) is 6.39. The van der Waals surface area contributed by atoms with E-state index in [0.29, 0.717) is 5.69 Å². The maximum absolute atomic E-state index is 12.5. The fourth-order valence-corrected chi connectivity index (χ4v) is 4.55. The van der Waals surface area contributed by atoms with Gasteiger partial charge in [-0.1, -0.05) is 41.4 Å². The minimum atomic E-state index is -3.82. The van der Waals surface area contributed by atoms with Crippen LogP contribution >= 0.6 is 34.5 Å². The predicted octanol–water partition coefficient (Wildman–Crippen LogP) is 5.23. The van der Waals surface area contributed by atoms with Gasteiger partial charge in [-0.15, -0.1) is 11.3 Å². The number of nitrogens with zero attached hydrogens (tertiary/aromatic N) is 1. The summed E-state index contributed by atoms with van der Waals surface area (Å²) < 4.78 is 27.4. The summed E-state index contributed by atoms with van der Waals surface area (Å²) in [4.78, 5) is 4.34. The van der Waals surface area contributed by atoms with Crippen molar-refractivity contribution in [1.29, 1.82) is 0 Å². The van der Waals surface area contributed by atoms with E-state index in [1.165, 1.54) is 18.2 Å². The summed E-state index contributed by atoms with van der Waals surface area (Å²) in [6.07, 6.45) is 0. The Morgan fingerprint density at radius 1 is 1.08 bits per heavy atom. The first kappa shape index (κ1) is 17.2. The van der Waals surface area contributed by atoms with Crippen molar-refractivity contribution in [2.45, 2.75) is 11.8 Å². The van der Waals surface area contributed by atoms with E-state index in [4.69, 9.17) is 23.2 Å². The Morgan fingerprint density at radius 3 is 2.42 bits per heavy atom. The van der Waals surface area contributed by atoms with E-state index >= 15 is 0 Å². The SMILES string of the molecule is Cc1nc(-c2ccc(NS(=O)(=O)c3cccc(Cl)c3Cl)cc2)cs1. The minimum Gasteiger partial charge on any atom is -0.280 e. The lowest BCUT2D eigenvalue weighted by molar-refractivity contribution is 0.601. The average Bonchev–Trinajstić information content (AvgIpc) is 2.97. The fraction of sp³-hybridized carbons (Fsp3) is 0.0625. The number of hydrogen-bond donors (Lipinski definition) is 1. The topological polar surface area (TPSA) is 59.1 Å². The van der Waals surface area contributed by atoms with Gasteiger partial charge in [0.1, 0.15) is 4.90 Å². The monoisotopic (exact) mass is 398 g/mol. The van der Waals surface area contributed by atoms with E-state index in [9.17, 15) is 8.42 Å². The molecule has 0 fully saturated rings. The molecule has 0 aliphatic carbocycles. The summed E-state index contributed by atoms with van der Waals surface area (Å²) in [5.41, 5.74) is 2.22. The van der Waals surface area contributed by atoms with Gasteiger partial charge < -0.3 is 0 Å². The van der Waals surface area contributed by atoms with Crippen LogP contribution in [0.1, 0.15) is 5.01 Å². The van der Waals surface area contributed by atoms with Crippen LogP contribution in [0.25, 0.3) is 11.3 Å². The van der Waals surface area contributed by atoms with E-state index in [0.717, 1.165) is 16.3 Å². The first-order valence-corrected chi connectivity index (χ1v) is 9.98. The Kier molecular flexibility index (Phi) is 4.83. The molecule has 0 amide bonds. The van der Waals surface area contributed by atoms with Crippen LogP contribution in [-0.4, -0.2) is 13.4 Å². The zero-order valence-corrected chi connectivity index (χ0v) is 15.6. The van der Waals surface area contributed by atoms with Crippen molar-refractivity contribution in [2.75, 3.05) is 4.72 Å². The molecule has 0 aliphatic heterocycles. The van der Waals surface area contributed by atoms with Crippen LogP contribution in [0.4, 0.5) is 5.69 Å². The van der Waals surface area contributed by atoms with E-state index in [1.807, 2.05) is 24.4 Å². The lowest BCUT2D eigenvalue weighted by Gasteiger charge is -2.10. The highest BCUT2D eigenvalue weighted by Gasteiger charge is 2.19. The lowest BCUT2D eigenvalue weighted by Crippen LogP contribution is -2.13. The molecule has 124 valence electrons. The number of hydrogen-bond acceptors (Lipinski definition) is 4. The third kappa shape index (κ3) is 3.57. The maximum Gasteiger partial charge on any atom is 0.263 e. The lowest BCUT2D eigenvalue weighted by atomic mass is 10.1. The van der Waals surface area contributed by atoms with Crippen LogP contribution in [0.2, 0.25) is 10.0 Å². The molecule has 0 bridgehead atoms. The Bertz CT molecular complexity index is 984. The molecule has 0 atom stereocenters. The maximum atomic E-state index is 12.5. The highest BCUT2D eigenvalue weighted by molar-refractivity contribution is 7.92. The smallest absolute Gasteiger partial charge is 0.263 e. The number of aryl methyl sites for hydroxylation is 1. The van der Waals surface area contributed by atoms with Crippen molar-refractivity contribution >= 4 is 50.2 Å². The number of aromatic nitrogens is 1. The fourth-order valence-electron chi connectivity index (χ4n) is 2.11. The Labute approximate surface area is 154 Å². The number of sulfonamides is 1. The molecule has 8 heteroatoms. The highest BCUT2D eigenvalue weighted by atomic mass is 35.5. The zero-order chi connectivity index (χ0) is 17.3. The molecule has 3 rings (SSSR count). The van der Waals surface area contributed by atoms with Gasteiger partial charge in [-0.2, -0.15) is 0 Å². The van der Waals surface area contributed by atoms with E-state index in [-0.39, 0.29) is 14.9 Å². The molecule has 0 saturated heterocycles. The first-order chi connectivity index (χ1) is 11.4. The van der Waals surface area contributed by atoms with Crippen LogP contribution in [-0.2, 0) is 10.0 Å². The van der Waals surface area contributed by atoms with Gasteiger partial charge in [0.2, 0.25) is 0 Å². The van der Waals surface area contributed by atoms with Crippen LogP contribution in [0.3, 0.4) is 0 Å². The molecular weight excluding hydrogens is 387 g/mol. The van der Waals surface area contributed by atoms with Crippen molar-refractivity contribution < 1.29 is 8.42 Å². The van der Waals surface area contributed by atoms with Gasteiger partial charge in [0.25, 0.3) is 10.0 Å². The minimum absolute atomic E-state index is 0.00114. The van der Waals surface area contributed by atoms with Gasteiger partial charge in [-0.05, 0) is 31.2 Å². The largest absolute Gasteiger partial charge is 0.280 e. The molecule has 4 nitrogen and oxygen atoms in total. The van der Waals surface area contributed by atoms with Gasteiger partial charge in [-0.3, -0.25) is 4.72 Å². The highest BCUT2D eigenvalue weighted by Crippen LogP contribution is 2.30. The second-order valence-electron chi connectivity index (χ2n) is 4.99. The van der Waals surface area contributed by atoms with Crippen molar-refractivity contribution in [1.82, 2.24) is 4.98 Å². The number of benzene rings is 2. The van der Waals surface area contributed by atoms with Crippen molar-refractivity contribution in [3.8, 4) is 11.3 Å². The summed E-state index contributed by atoms with van der Waals surface area (Å²) >= 11 is 13.4. The molecule has 1 heterocycles.